The average molecular weight is 376 g/mol. The number of likely N-dealkylation sites (tertiary alicyclic amines) is 1. The van der Waals surface area contributed by atoms with Crippen molar-refractivity contribution in [1.29, 1.82) is 0 Å². The van der Waals surface area contributed by atoms with Crippen molar-refractivity contribution < 1.29 is 13.6 Å². The molecule has 0 bridgehead atoms. The molecular formula is C20H25FN2O2S. The number of carbonyl (C=O) groups is 1. The average Bonchev–Trinajstić information content (AvgIpc) is 3.15. The molecule has 1 saturated heterocycles. The first-order valence-electron chi connectivity index (χ1n) is 9.01. The molecule has 4 nitrogen and oxygen atoms in total. The second-order valence-electron chi connectivity index (χ2n) is 6.66. The molecule has 6 heteroatoms. The van der Waals surface area contributed by atoms with E-state index in [1.165, 1.54) is 17.8 Å². The van der Waals surface area contributed by atoms with Crippen LogP contribution in [0.3, 0.4) is 0 Å². The molecule has 140 valence electrons. The molecule has 1 amide bonds. The van der Waals surface area contributed by atoms with Gasteiger partial charge in [0, 0.05) is 23.1 Å². The molecule has 26 heavy (non-hydrogen) atoms. The molecule has 1 aromatic heterocycles. The third-order valence-corrected chi connectivity index (χ3v) is 5.82. The summed E-state index contributed by atoms with van der Waals surface area (Å²) >= 11 is 1.39. The van der Waals surface area contributed by atoms with Gasteiger partial charge in [0.2, 0.25) is 5.91 Å². The zero-order valence-corrected chi connectivity index (χ0v) is 15.9. The number of rotatable bonds is 7. The molecule has 1 aliphatic rings. The molecule has 1 aromatic carbocycles. The Morgan fingerprint density at radius 2 is 2.04 bits per heavy atom. The number of hydrogen-bond acceptors (Lipinski definition) is 4. The van der Waals surface area contributed by atoms with Crippen LogP contribution in [0.4, 0.5) is 4.39 Å². The number of carbonyl (C=O) groups excluding carboxylic acids is 1. The largest absolute Gasteiger partial charge is 0.467 e. The predicted molar refractivity (Wildman–Crippen MR) is 102 cm³/mol. The SMILES string of the molecule is CN1CCC(N(Cc2ccco2)C(=O)CCSc2ccccc2F)CC1. The molecule has 2 heterocycles. The minimum Gasteiger partial charge on any atom is -0.467 e. The summed E-state index contributed by atoms with van der Waals surface area (Å²) in [7, 11) is 2.11. The standard InChI is InChI=1S/C20H25FN2O2S/c1-22-11-8-16(9-12-22)23(15-17-5-4-13-25-17)20(24)10-14-26-19-7-3-2-6-18(19)21/h2-7,13,16H,8-12,14-15H2,1H3. The van der Waals surface area contributed by atoms with Crippen LogP contribution in [-0.2, 0) is 11.3 Å². The fourth-order valence-electron chi connectivity index (χ4n) is 3.25. The maximum atomic E-state index is 13.7. The lowest BCUT2D eigenvalue weighted by atomic mass is 10.0. The summed E-state index contributed by atoms with van der Waals surface area (Å²) in [5, 5.41) is 0. The van der Waals surface area contributed by atoms with Gasteiger partial charge in [-0.15, -0.1) is 11.8 Å². The number of piperidine rings is 1. The highest BCUT2D eigenvalue weighted by molar-refractivity contribution is 7.99. The Bertz CT molecular complexity index is 700. The van der Waals surface area contributed by atoms with Gasteiger partial charge >= 0.3 is 0 Å². The first kappa shape index (κ1) is 19.0. The zero-order chi connectivity index (χ0) is 18.4. The lowest BCUT2D eigenvalue weighted by molar-refractivity contribution is -0.135. The Morgan fingerprint density at radius 1 is 1.27 bits per heavy atom. The molecule has 0 aliphatic carbocycles. The van der Waals surface area contributed by atoms with E-state index in [0.717, 1.165) is 31.7 Å². The summed E-state index contributed by atoms with van der Waals surface area (Å²) < 4.78 is 19.2. The van der Waals surface area contributed by atoms with Gasteiger partial charge in [-0.25, -0.2) is 4.39 Å². The van der Waals surface area contributed by atoms with Gasteiger partial charge in [-0.05, 0) is 57.2 Å². The van der Waals surface area contributed by atoms with Crippen molar-refractivity contribution in [3.8, 4) is 0 Å². The first-order chi connectivity index (χ1) is 12.6. The third-order valence-electron chi connectivity index (χ3n) is 4.77. The normalized spacial score (nSPS) is 15.9. The Labute approximate surface area is 158 Å². The van der Waals surface area contributed by atoms with E-state index in [2.05, 4.69) is 11.9 Å². The quantitative estimate of drug-likeness (QED) is 0.684. The molecule has 1 aliphatic heterocycles. The van der Waals surface area contributed by atoms with E-state index in [4.69, 9.17) is 4.42 Å². The Balaban J connectivity index is 1.59. The molecule has 1 fully saturated rings. The van der Waals surface area contributed by atoms with Gasteiger partial charge in [-0.3, -0.25) is 4.79 Å². The number of benzene rings is 1. The molecule has 3 rings (SSSR count). The van der Waals surface area contributed by atoms with Crippen LogP contribution in [0.1, 0.15) is 25.0 Å². The number of nitrogens with zero attached hydrogens (tertiary/aromatic N) is 2. The monoisotopic (exact) mass is 376 g/mol. The summed E-state index contributed by atoms with van der Waals surface area (Å²) in [6.45, 7) is 2.50. The number of furan rings is 1. The molecule has 0 spiro atoms. The van der Waals surface area contributed by atoms with Crippen LogP contribution in [0.25, 0.3) is 0 Å². The second kappa shape index (κ2) is 9.24. The molecule has 0 saturated carbocycles. The minimum atomic E-state index is -0.229. The van der Waals surface area contributed by atoms with Crippen LogP contribution in [0.2, 0.25) is 0 Å². The van der Waals surface area contributed by atoms with Crippen molar-refractivity contribution in [2.75, 3.05) is 25.9 Å². The van der Waals surface area contributed by atoms with Gasteiger partial charge in [0.05, 0.1) is 12.8 Å². The number of thioether (sulfide) groups is 1. The van der Waals surface area contributed by atoms with Gasteiger partial charge in [-0.1, -0.05) is 12.1 Å². The van der Waals surface area contributed by atoms with Gasteiger partial charge in [-0.2, -0.15) is 0 Å². The van der Waals surface area contributed by atoms with E-state index in [-0.39, 0.29) is 17.8 Å². The van der Waals surface area contributed by atoms with E-state index in [0.29, 0.717) is 23.6 Å². The molecule has 0 radical (unpaired) electrons. The highest BCUT2D eigenvalue weighted by atomic mass is 32.2. The Hall–Kier alpha value is -1.79. The smallest absolute Gasteiger partial charge is 0.224 e. The van der Waals surface area contributed by atoms with Crippen molar-refractivity contribution in [2.45, 2.75) is 36.7 Å². The second-order valence-corrected chi connectivity index (χ2v) is 7.80. The topological polar surface area (TPSA) is 36.7 Å². The Morgan fingerprint density at radius 3 is 2.73 bits per heavy atom. The fourth-order valence-corrected chi connectivity index (χ4v) is 4.13. The van der Waals surface area contributed by atoms with Crippen LogP contribution in [0.15, 0.2) is 52.0 Å². The molecule has 0 N–H and O–H groups in total. The van der Waals surface area contributed by atoms with E-state index in [1.54, 1.807) is 18.4 Å². The summed E-state index contributed by atoms with van der Waals surface area (Å²) in [5.41, 5.74) is 0. The molecular weight excluding hydrogens is 351 g/mol. The van der Waals surface area contributed by atoms with E-state index < -0.39 is 0 Å². The number of halogens is 1. The van der Waals surface area contributed by atoms with Gasteiger partial charge in [0.15, 0.2) is 0 Å². The lowest BCUT2D eigenvalue weighted by Gasteiger charge is -2.37. The van der Waals surface area contributed by atoms with Crippen LogP contribution >= 0.6 is 11.8 Å². The maximum absolute atomic E-state index is 13.7. The van der Waals surface area contributed by atoms with E-state index in [9.17, 15) is 9.18 Å². The van der Waals surface area contributed by atoms with Crippen LogP contribution in [-0.4, -0.2) is 47.6 Å². The van der Waals surface area contributed by atoms with Crippen molar-refractivity contribution >= 4 is 17.7 Å². The van der Waals surface area contributed by atoms with Crippen LogP contribution in [0, 0.1) is 5.82 Å². The minimum absolute atomic E-state index is 0.111. The van der Waals surface area contributed by atoms with Crippen LogP contribution < -0.4 is 0 Å². The molecule has 0 atom stereocenters. The van der Waals surface area contributed by atoms with Crippen molar-refractivity contribution in [3.05, 3.63) is 54.2 Å². The Kier molecular flexibility index (Phi) is 6.74. The highest BCUT2D eigenvalue weighted by Gasteiger charge is 2.27. The van der Waals surface area contributed by atoms with Gasteiger partial charge in [0.1, 0.15) is 11.6 Å². The molecule has 2 aromatic rings. The number of hydrogen-bond donors (Lipinski definition) is 0. The third kappa shape index (κ3) is 5.11. The van der Waals surface area contributed by atoms with E-state index >= 15 is 0 Å². The fraction of sp³-hybridized carbons (Fsp3) is 0.450. The van der Waals surface area contributed by atoms with E-state index in [1.807, 2.05) is 23.1 Å². The van der Waals surface area contributed by atoms with Crippen molar-refractivity contribution in [2.24, 2.45) is 0 Å². The first-order valence-corrected chi connectivity index (χ1v) is 10.00. The maximum Gasteiger partial charge on any atom is 0.224 e. The lowest BCUT2D eigenvalue weighted by Crippen LogP contribution is -2.46. The summed E-state index contributed by atoms with van der Waals surface area (Å²) in [6.07, 6.45) is 3.99. The molecule has 0 unspecified atom stereocenters. The van der Waals surface area contributed by atoms with Gasteiger partial charge < -0.3 is 14.2 Å². The highest BCUT2D eigenvalue weighted by Crippen LogP contribution is 2.24. The van der Waals surface area contributed by atoms with Crippen LogP contribution in [0.5, 0.6) is 0 Å². The zero-order valence-electron chi connectivity index (χ0n) is 15.1. The predicted octanol–water partition coefficient (Wildman–Crippen LogP) is 4.02. The van der Waals surface area contributed by atoms with Crippen molar-refractivity contribution in [1.82, 2.24) is 9.80 Å². The summed E-state index contributed by atoms with van der Waals surface area (Å²) in [4.78, 5) is 17.7. The van der Waals surface area contributed by atoms with Crippen molar-refractivity contribution in [3.63, 3.8) is 0 Å². The summed E-state index contributed by atoms with van der Waals surface area (Å²) in [5.74, 6) is 1.26. The van der Waals surface area contributed by atoms with Gasteiger partial charge in [0.25, 0.3) is 0 Å². The number of amides is 1. The summed E-state index contributed by atoms with van der Waals surface area (Å²) in [6, 6.07) is 10.7.